The molecule has 2 N–H and O–H groups in total. The molecule has 5 rings (SSSR count). The number of aryl methyl sites for hydroxylation is 1. The third-order valence-corrected chi connectivity index (χ3v) is 6.44. The molecule has 1 aromatic carbocycles. The second-order valence-electron chi connectivity index (χ2n) is 8.61. The number of aromatic nitrogens is 3. The van der Waals surface area contributed by atoms with Crippen LogP contribution in [0.3, 0.4) is 0 Å². The van der Waals surface area contributed by atoms with Crippen molar-refractivity contribution in [3.8, 4) is 0 Å². The van der Waals surface area contributed by atoms with Gasteiger partial charge < -0.3 is 15.2 Å². The summed E-state index contributed by atoms with van der Waals surface area (Å²) in [7, 11) is 0. The van der Waals surface area contributed by atoms with Crippen molar-refractivity contribution >= 4 is 17.3 Å². The van der Waals surface area contributed by atoms with Crippen molar-refractivity contribution in [3.05, 3.63) is 69.9 Å². The lowest BCUT2D eigenvalue weighted by Crippen LogP contribution is -2.49. The Morgan fingerprint density at radius 3 is 2.55 bits per heavy atom. The van der Waals surface area contributed by atoms with Crippen LogP contribution in [-0.2, 0) is 10.2 Å². The van der Waals surface area contributed by atoms with Crippen LogP contribution < -0.4 is 10.9 Å². The molecule has 2 aliphatic rings. The van der Waals surface area contributed by atoms with Gasteiger partial charge in [0.25, 0.3) is 11.5 Å². The number of hydrogen-bond acceptors (Lipinski definition) is 4. The molecule has 0 spiro atoms. The number of nitrogens with zero attached hydrogens (tertiary/aromatic N) is 3. The van der Waals surface area contributed by atoms with Crippen LogP contribution in [0.15, 0.2) is 47.4 Å². The number of piperidine rings is 1. The molecule has 2 aromatic heterocycles. The molecular formula is C23H25N5O3. The standard InChI is InChI=1S/C23H25N5O3/c1-15-14-28-19(20(29)24-15)13-18(26-28)21(30)27-11-7-17(8-12-27)25-22(31)23(9-10-23)16-5-3-2-4-6-16/h2-6,13-14,17H,7-12H2,1H3,(H,24,29)(H,25,31). The van der Waals surface area contributed by atoms with Crippen LogP contribution in [0.1, 0.15) is 47.4 Å². The van der Waals surface area contributed by atoms with Crippen molar-refractivity contribution in [2.75, 3.05) is 13.1 Å². The summed E-state index contributed by atoms with van der Waals surface area (Å²) in [5, 5.41) is 7.50. The highest BCUT2D eigenvalue weighted by Crippen LogP contribution is 2.48. The number of nitrogens with one attached hydrogen (secondary N) is 2. The molecule has 8 heteroatoms. The Kier molecular flexibility index (Phi) is 4.64. The fourth-order valence-corrected chi connectivity index (χ4v) is 4.47. The fourth-order valence-electron chi connectivity index (χ4n) is 4.47. The first-order chi connectivity index (χ1) is 15.0. The third-order valence-electron chi connectivity index (χ3n) is 6.44. The lowest BCUT2D eigenvalue weighted by atomic mass is 9.94. The SMILES string of the molecule is Cc1cn2nc(C(=O)N3CCC(NC(=O)C4(c5ccccc5)CC4)CC3)cc2c(=O)[nH]1. The van der Waals surface area contributed by atoms with Crippen LogP contribution in [0.2, 0.25) is 0 Å². The van der Waals surface area contributed by atoms with Crippen molar-refractivity contribution in [2.24, 2.45) is 0 Å². The van der Waals surface area contributed by atoms with Crippen LogP contribution in [0.25, 0.3) is 5.52 Å². The highest BCUT2D eigenvalue weighted by molar-refractivity contribution is 5.94. The van der Waals surface area contributed by atoms with E-state index in [4.69, 9.17) is 0 Å². The summed E-state index contributed by atoms with van der Waals surface area (Å²) in [6.45, 7) is 2.86. The number of benzene rings is 1. The zero-order chi connectivity index (χ0) is 21.6. The van der Waals surface area contributed by atoms with Gasteiger partial charge >= 0.3 is 0 Å². The van der Waals surface area contributed by atoms with Crippen LogP contribution >= 0.6 is 0 Å². The van der Waals surface area contributed by atoms with Gasteiger partial charge in [-0.1, -0.05) is 30.3 Å². The molecule has 1 saturated carbocycles. The topological polar surface area (TPSA) is 99.6 Å². The largest absolute Gasteiger partial charge is 0.352 e. The molecule has 1 aliphatic heterocycles. The lowest BCUT2D eigenvalue weighted by molar-refractivity contribution is -0.124. The Hall–Kier alpha value is -3.42. The summed E-state index contributed by atoms with van der Waals surface area (Å²) in [6, 6.07) is 11.5. The number of aromatic amines is 1. The Morgan fingerprint density at radius 2 is 1.87 bits per heavy atom. The van der Waals surface area contributed by atoms with E-state index >= 15 is 0 Å². The average Bonchev–Trinajstić information content (AvgIpc) is 3.48. The molecular weight excluding hydrogens is 394 g/mol. The van der Waals surface area contributed by atoms with Gasteiger partial charge in [0, 0.05) is 37.1 Å². The van der Waals surface area contributed by atoms with Gasteiger partial charge in [0.2, 0.25) is 5.91 Å². The zero-order valence-corrected chi connectivity index (χ0v) is 17.4. The van der Waals surface area contributed by atoms with Crippen LogP contribution in [0.4, 0.5) is 0 Å². The molecule has 8 nitrogen and oxygen atoms in total. The molecule has 0 unspecified atom stereocenters. The van der Waals surface area contributed by atoms with Gasteiger partial charge in [-0.2, -0.15) is 5.10 Å². The number of H-pyrrole nitrogens is 1. The minimum Gasteiger partial charge on any atom is -0.352 e. The van der Waals surface area contributed by atoms with Gasteiger partial charge in [-0.3, -0.25) is 14.4 Å². The number of carbonyl (C=O) groups is 2. The molecule has 160 valence electrons. The highest BCUT2D eigenvalue weighted by Gasteiger charge is 2.51. The number of rotatable bonds is 4. The first kappa shape index (κ1) is 19.5. The van der Waals surface area contributed by atoms with Gasteiger partial charge in [-0.05, 0) is 38.2 Å². The molecule has 3 aromatic rings. The van der Waals surface area contributed by atoms with Gasteiger partial charge in [-0.15, -0.1) is 0 Å². The Morgan fingerprint density at radius 1 is 1.16 bits per heavy atom. The summed E-state index contributed by atoms with van der Waals surface area (Å²) in [5.41, 5.74) is 1.74. The number of hydrogen-bond donors (Lipinski definition) is 2. The second-order valence-corrected chi connectivity index (χ2v) is 8.61. The molecule has 0 atom stereocenters. The summed E-state index contributed by atoms with van der Waals surface area (Å²) in [5.74, 6) is -0.0908. The molecule has 0 bridgehead atoms. The summed E-state index contributed by atoms with van der Waals surface area (Å²) < 4.78 is 1.45. The minimum atomic E-state index is -0.379. The quantitative estimate of drug-likeness (QED) is 0.673. The predicted octanol–water partition coefficient (Wildman–Crippen LogP) is 1.78. The van der Waals surface area contributed by atoms with Crippen molar-refractivity contribution in [3.63, 3.8) is 0 Å². The Balaban J connectivity index is 1.22. The smallest absolute Gasteiger partial charge is 0.274 e. The van der Waals surface area contributed by atoms with E-state index < -0.39 is 0 Å². The molecule has 3 heterocycles. The van der Waals surface area contributed by atoms with E-state index in [0.29, 0.717) is 37.1 Å². The minimum absolute atomic E-state index is 0.0595. The number of amides is 2. The summed E-state index contributed by atoms with van der Waals surface area (Å²) in [6.07, 6.45) is 4.86. The average molecular weight is 419 g/mol. The van der Waals surface area contributed by atoms with E-state index in [9.17, 15) is 14.4 Å². The highest BCUT2D eigenvalue weighted by atomic mass is 16.2. The van der Waals surface area contributed by atoms with Crippen LogP contribution in [0, 0.1) is 6.92 Å². The van der Waals surface area contributed by atoms with Crippen molar-refractivity contribution in [1.29, 1.82) is 0 Å². The van der Waals surface area contributed by atoms with E-state index in [1.165, 1.54) is 10.6 Å². The van der Waals surface area contributed by atoms with E-state index in [2.05, 4.69) is 15.4 Å². The van der Waals surface area contributed by atoms with Gasteiger partial charge in [0.1, 0.15) is 5.52 Å². The van der Waals surface area contributed by atoms with E-state index in [-0.39, 0.29) is 34.5 Å². The maximum Gasteiger partial charge on any atom is 0.274 e. The normalized spacial score (nSPS) is 18.2. The predicted molar refractivity (Wildman–Crippen MR) is 115 cm³/mol. The number of likely N-dealkylation sites (tertiary alicyclic amines) is 1. The Labute approximate surface area is 179 Å². The maximum atomic E-state index is 13.0. The van der Waals surface area contributed by atoms with Gasteiger partial charge in [0.15, 0.2) is 5.69 Å². The number of carbonyl (C=O) groups excluding carboxylic acids is 2. The fraction of sp³-hybridized carbons (Fsp3) is 0.391. The van der Waals surface area contributed by atoms with E-state index in [1.807, 2.05) is 30.3 Å². The molecule has 0 radical (unpaired) electrons. The molecule has 31 heavy (non-hydrogen) atoms. The van der Waals surface area contributed by atoms with Crippen molar-refractivity contribution < 1.29 is 9.59 Å². The van der Waals surface area contributed by atoms with Crippen LogP contribution in [0.5, 0.6) is 0 Å². The molecule has 2 amide bonds. The van der Waals surface area contributed by atoms with Gasteiger partial charge in [0.05, 0.1) is 5.41 Å². The molecule has 1 aliphatic carbocycles. The third kappa shape index (κ3) is 3.52. The van der Waals surface area contributed by atoms with E-state index in [0.717, 1.165) is 18.4 Å². The zero-order valence-electron chi connectivity index (χ0n) is 17.4. The Bertz CT molecular complexity index is 1200. The van der Waals surface area contributed by atoms with Crippen molar-refractivity contribution in [1.82, 2.24) is 24.8 Å². The van der Waals surface area contributed by atoms with Crippen LogP contribution in [-0.4, -0.2) is 50.4 Å². The maximum absolute atomic E-state index is 13.0. The second kappa shape index (κ2) is 7.37. The first-order valence-corrected chi connectivity index (χ1v) is 10.7. The van der Waals surface area contributed by atoms with E-state index in [1.54, 1.807) is 18.0 Å². The molecule has 2 fully saturated rings. The summed E-state index contributed by atoms with van der Waals surface area (Å²) in [4.78, 5) is 42.4. The molecule has 1 saturated heterocycles. The first-order valence-electron chi connectivity index (χ1n) is 10.7. The summed E-state index contributed by atoms with van der Waals surface area (Å²) >= 11 is 0. The van der Waals surface area contributed by atoms with Crippen molar-refractivity contribution in [2.45, 2.75) is 44.1 Å². The number of fused-ring (bicyclic) bond motifs is 1. The monoisotopic (exact) mass is 419 g/mol. The van der Waals surface area contributed by atoms with Gasteiger partial charge in [-0.25, -0.2) is 4.52 Å². The lowest BCUT2D eigenvalue weighted by Gasteiger charge is -2.33.